The monoisotopic (exact) mass is 303 g/mol. The van der Waals surface area contributed by atoms with Crippen LogP contribution in [0.1, 0.15) is 31.8 Å². The molecule has 1 aliphatic carbocycles. The highest BCUT2D eigenvalue weighted by atomic mass is 32.2. The van der Waals surface area contributed by atoms with E-state index in [1.165, 1.54) is 18.2 Å². The first-order chi connectivity index (χ1) is 9.91. The Hall–Kier alpha value is -2.51. The highest BCUT2D eigenvalue weighted by molar-refractivity contribution is 7.79. The first-order valence-electron chi connectivity index (χ1n) is 5.79. The predicted octanol–water partition coefficient (Wildman–Crippen LogP) is 1.11. The van der Waals surface area contributed by atoms with Crippen molar-refractivity contribution in [3.05, 3.63) is 52.6 Å². The quantitative estimate of drug-likeness (QED) is 0.651. The number of carbonyl (C=O) groups excluding carboxylic acids is 2. The van der Waals surface area contributed by atoms with E-state index in [-0.39, 0.29) is 28.0 Å². The average molecular weight is 303 g/mol. The molecule has 6 nitrogen and oxygen atoms in total. The molecule has 0 spiro atoms. The second-order valence-electron chi connectivity index (χ2n) is 4.46. The molecule has 1 atom stereocenters. The maximum Gasteiger partial charge on any atom is 0.195 e. The number of carbonyl (C=O) groups is 2. The second kappa shape index (κ2) is 4.51. The summed E-state index contributed by atoms with van der Waals surface area (Å²) in [5.74, 6) is -2.04. The lowest BCUT2D eigenvalue weighted by molar-refractivity contribution is 0.0976. The number of rotatable bonds is 1. The molecule has 0 radical (unpaired) electrons. The van der Waals surface area contributed by atoms with Crippen LogP contribution in [-0.4, -0.2) is 30.5 Å². The van der Waals surface area contributed by atoms with Gasteiger partial charge >= 0.3 is 0 Å². The predicted molar refractivity (Wildman–Crippen MR) is 70.3 cm³/mol. The van der Waals surface area contributed by atoms with Crippen molar-refractivity contribution >= 4 is 22.6 Å². The lowest BCUT2D eigenvalue weighted by atomic mass is 9.84. The third kappa shape index (κ3) is 1.86. The lowest BCUT2D eigenvalue weighted by Gasteiger charge is -2.21. The first kappa shape index (κ1) is 13.5. The van der Waals surface area contributed by atoms with Crippen LogP contribution in [0.4, 0.5) is 0 Å². The normalized spacial score (nSPS) is 14.5. The van der Waals surface area contributed by atoms with Crippen LogP contribution in [0, 0.1) is 0 Å². The first-order valence-corrected chi connectivity index (χ1v) is 6.87. The van der Waals surface area contributed by atoms with Crippen molar-refractivity contribution in [1.29, 1.82) is 0 Å². The Morgan fingerprint density at radius 3 is 2.24 bits per heavy atom. The van der Waals surface area contributed by atoms with Crippen LogP contribution in [0.15, 0.2) is 35.2 Å². The van der Waals surface area contributed by atoms with Gasteiger partial charge in [0.15, 0.2) is 11.6 Å². The zero-order valence-electron chi connectivity index (χ0n) is 10.3. The topological polar surface area (TPSA) is 115 Å². The molecule has 0 heterocycles. The number of phenols is 2. The standard InChI is InChI=1S/C14H8O6S/c15-6-1-2-7-9(5-6)12(17)8-3-4-10(16)14(21(19)20)11(8)13(7)18/h1-5,15-16H,(H,19,20)/p-1. The summed E-state index contributed by atoms with van der Waals surface area (Å²) in [6.07, 6.45) is 0. The zero-order valence-corrected chi connectivity index (χ0v) is 11.1. The number of phenolic OH excluding ortho intramolecular Hbond substituents is 2. The summed E-state index contributed by atoms with van der Waals surface area (Å²) in [6.45, 7) is 0. The SMILES string of the molecule is O=C1c2cc(O)ccc2C(=O)c2c1ccc(O)c2S(=O)[O-]. The Morgan fingerprint density at radius 1 is 0.905 bits per heavy atom. The fourth-order valence-electron chi connectivity index (χ4n) is 2.35. The molecule has 21 heavy (non-hydrogen) atoms. The molecule has 3 rings (SSSR count). The van der Waals surface area contributed by atoms with E-state index in [1.54, 1.807) is 0 Å². The molecular weight excluding hydrogens is 296 g/mol. The van der Waals surface area contributed by atoms with Crippen molar-refractivity contribution in [1.82, 2.24) is 0 Å². The molecule has 2 aromatic carbocycles. The van der Waals surface area contributed by atoms with Crippen molar-refractivity contribution < 1.29 is 28.6 Å². The summed E-state index contributed by atoms with van der Waals surface area (Å²) in [5.41, 5.74) is -0.468. The summed E-state index contributed by atoms with van der Waals surface area (Å²) in [4.78, 5) is 24.2. The Balaban J connectivity index is 2.38. The van der Waals surface area contributed by atoms with Crippen LogP contribution in [0.2, 0.25) is 0 Å². The summed E-state index contributed by atoms with van der Waals surface area (Å²) in [7, 11) is 0. The van der Waals surface area contributed by atoms with Crippen molar-refractivity contribution in [3.8, 4) is 11.5 Å². The number of hydrogen-bond donors (Lipinski definition) is 2. The van der Waals surface area contributed by atoms with Gasteiger partial charge in [-0.1, -0.05) is 0 Å². The van der Waals surface area contributed by atoms with E-state index in [0.29, 0.717) is 0 Å². The molecule has 0 fully saturated rings. The molecule has 0 saturated carbocycles. The van der Waals surface area contributed by atoms with Crippen molar-refractivity contribution in [2.24, 2.45) is 0 Å². The molecule has 106 valence electrons. The number of ketones is 2. The van der Waals surface area contributed by atoms with E-state index >= 15 is 0 Å². The number of fused-ring (bicyclic) bond motifs is 2. The maximum atomic E-state index is 12.4. The lowest BCUT2D eigenvalue weighted by Crippen LogP contribution is -2.22. The molecule has 0 amide bonds. The summed E-state index contributed by atoms with van der Waals surface area (Å²) >= 11 is -2.87. The Morgan fingerprint density at radius 2 is 1.57 bits per heavy atom. The highest BCUT2D eigenvalue weighted by Gasteiger charge is 2.33. The van der Waals surface area contributed by atoms with Gasteiger partial charge in [0.25, 0.3) is 0 Å². The van der Waals surface area contributed by atoms with Gasteiger partial charge in [-0.3, -0.25) is 13.8 Å². The number of aromatic hydroxyl groups is 2. The minimum atomic E-state index is -2.87. The molecule has 2 N–H and O–H groups in total. The summed E-state index contributed by atoms with van der Waals surface area (Å²) < 4.78 is 22.5. The second-order valence-corrected chi connectivity index (χ2v) is 5.34. The van der Waals surface area contributed by atoms with Gasteiger partial charge in [0.1, 0.15) is 11.5 Å². The smallest absolute Gasteiger partial charge is 0.195 e. The van der Waals surface area contributed by atoms with Crippen LogP contribution in [0.25, 0.3) is 0 Å². The van der Waals surface area contributed by atoms with E-state index in [2.05, 4.69) is 0 Å². The average Bonchev–Trinajstić information content (AvgIpc) is 2.43. The Bertz CT molecular complexity index is 840. The van der Waals surface area contributed by atoms with Gasteiger partial charge in [0, 0.05) is 16.7 Å². The molecule has 7 heteroatoms. The van der Waals surface area contributed by atoms with E-state index in [0.717, 1.165) is 12.1 Å². The molecule has 0 bridgehead atoms. The van der Waals surface area contributed by atoms with Crippen LogP contribution in [-0.2, 0) is 11.1 Å². The van der Waals surface area contributed by atoms with Crippen LogP contribution >= 0.6 is 0 Å². The molecule has 1 unspecified atom stereocenters. The minimum absolute atomic E-state index is 0.000760. The minimum Gasteiger partial charge on any atom is -0.768 e. The van der Waals surface area contributed by atoms with Gasteiger partial charge < -0.3 is 14.8 Å². The third-order valence-electron chi connectivity index (χ3n) is 3.27. The molecule has 2 aromatic rings. The Labute approximate surface area is 121 Å². The largest absolute Gasteiger partial charge is 0.768 e. The maximum absolute atomic E-state index is 12.4. The van der Waals surface area contributed by atoms with Crippen molar-refractivity contribution in [2.45, 2.75) is 4.90 Å². The molecule has 0 aliphatic heterocycles. The molecule has 0 aromatic heterocycles. The van der Waals surface area contributed by atoms with E-state index in [4.69, 9.17) is 0 Å². The number of hydrogen-bond acceptors (Lipinski definition) is 6. The van der Waals surface area contributed by atoms with Gasteiger partial charge in [0.2, 0.25) is 0 Å². The molecular formula is C14H7O6S-. The van der Waals surface area contributed by atoms with Crippen LogP contribution in [0.5, 0.6) is 11.5 Å². The van der Waals surface area contributed by atoms with E-state index in [1.807, 2.05) is 0 Å². The van der Waals surface area contributed by atoms with Gasteiger partial charge in [-0.05, 0) is 41.4 Å². The fraction of sp³-hybridized carbons (Fsp3) is 0. The van der Waals surface area contributed by atoms with Gasteiger partial charge in [0.05, 0.1) is 10.5 Å². The fourth-order valence-corrected chi connectivity index (χ4v) is 2.96. The van der Waals surface area contributed by atoms with Crippen molar-refractivity contribution in [2.75, 3.05) is 0 Å². The zero-order chi connectivity index (χ0) is 15.3. The van der Waals surface area contributed by atoms with Crippen LogP contribution in [0.3, 0.4) is 0 Å². The summed E-state index contributed by atoms with van der Waals surface area (Å²) in [6, 6.07) is 5.86. The molecule has 0 saturated heterocycles. The van der Waals surface area contributed by atoms with Gasteiger partial charge in [-0.15, -0.1) is 0 Å². The van der Waals surface area contributed by atoms with Gasteiger partial charge in [-0.2, -0.15) is 0 Å². The van der Waals surface area contributed by atoms with E-state index in [9.17, 15) is 28.6 Å². The Kier molecular flexibility index (Phi) is 2.89. The third-order valence-corrected chi connectivity index (χ3v) is 4.01. The van der Waals surface area contributed by atoms with Gasteiger partial charge in [-0.25, -0.2) is 0 Å². The van der Waals surface area contributed by atoms with E-state index < -0.39 is 33.3 Å². The van der Waals surface area contributed by atoms with Crippen LogP contribution < -0.4 is 0 Å². The highest BCUT2D eigenvalue weighted by Crippen LogP contribution is 2.36. The molecule has 1 aliphatic rings. The van der Waals surface area contributed by atoms with Crippen molar-refractivity contribution in [3.63, 3.8) is 0 Å². The summed E-state index contributed by atoms with van der Waals surface area (Å²) in [5, 5.41) is 19.1. The number of benzene rings is 2.